The molecule has 0 unspecified atom stereocenters. The summed E-state index contributed by atoms with van der Waals surface area (Å²) in [6, 6.07) is 5.77. The number of benzene rings is 1. The molecule has 0 spiro atoms. The minimum atomic E-state index is 0.524. The fourth-order valence-corrected chi connectivity index (χ4v) is 3.01. The van der Waals surface area contributed by atoms with Crippen molar-refractivity contribution in [2.24, 2.45) is 4.99 Å². The Morgan fingerprint density at radius 2 is 2.12 bits per heavy atom. The van der Waals surface area contributed by atoms with E-state index in [0.29, 0.717) is 6.54 Å². The number of aliphatic imine (C=N–C) groups is 1. The zero-order valence-corrected chi connectivity index (χ0v) is 16.3. The van der Waals surface area contributed by atoms with Crippen LogP contribution in [0.5, 0.6) is 11.5 Å². The van der Waals surface area contributed by atoms with E-state index in [1.54, 1.807) is 25.6 Å². The smallest absolute Gasteiger partial charge is 0.194 e. The zero-order valence-electron chi connectivity index (χ0n) is 15.5. The Hall–Kier alpha value is -2.28. The van der Waals surface area contributed by atoms with Crippen molar-refractivity contribution in [3.63, 3.8) is 0 Å². The molecule has 0 atom stereocenters. The minimum absolute atomic E-state index is 0.524. The molecule has 1 N–H and O–H groups in total. The molecule has 0 saturated heterocycles. The van der Waals surface area contributed by atoms with Gasteiger partial charge in [0.1, 0.15) is 11.5 Å². The van der Waals surface area contributed by atoms with Gasteiger partial charge in [0.15, 0.2) is 5.96 Å². The van der Waals surface area contributed by atoms with Gasteiger partial charge in [0.25, 0.3) is 0 Å². The molecule has 1 aromatic carbocycles. The van der Waals surface area contributed by atoms with Gasteiger partial charge < -0.3 is 19.7 Å². The summed E-state index contributed by atoms with van der Waals surface area (Å²) >= 11 is 1.66. The van der Waals surface area contributed by atoms with Crippen LogP contribution in [0.15, 0.2) is 28.6 Å². The first kappa shape index (κ1) is 19.1. The monoisotopic (exact) mass is 362 g/mol. The SMILES string of the molecule is CCNC(=NCc1ccc(OC)cc1OC)N(C)Cc1csc(C)n1. The summed E-state index contributed by atoms with van der Waals surface area (Å²) in [4.78, 5) is 11.3. The van der Waals surface area contributed by atoms with E-state index in [4.69, 9.17) is 14.5 Å². The van der Waals surface area contributed by atoms with Crippen LogP contribution in [0, 0.1) is 6.92 Å². The molecule has 0 bridgehead atoms. The lowest BCUT2D eigenvalue weighted by Gasteiger charge is -2.21. The Kier molecular flexibility index (Phi) is 7.06. The fourth-order valence-electron chi connectivity index (χ4n) is 2.41. The standard InChI is InChI=1S/C18H26N4O2S/c1-6-19-18(22(3)11-15-12-25-13(2)21-15)20-10-14-7-8-16(23-4)9-17(14)24-5/h7-9,12H,6,10-11H2,1-5H3,(H,19,20). The molecule has 6 nitrogen and oxygen atoms in total. The van der Waals surface area contributed by atoms with Crippen LogP contribution in [0.3, 0.4) is 0 Å². The maximum absolute atomic E-state index is 5.45. The Morgan fingerprint density at radius 1 is 1.32 bits per heavy atom. The van der Waals surface area contributed by atoms with Crippen LogP contribution in [-0.2, 0) is 13.1 Å². The van der Waals surface area contributed by atoms with Gasteiger partial charge in [-0.3, -0.25) is 0 Å². The lowest BCUT2D eigenvalue weighted by atomic mass is 10.2. The Balaban J connectivity index is 2.13. The number of methoxy groups -OCH3 is 2. The molecular weight excluding hydrogens is 336 g/mol. The number of guanidine groups is 1. The first-order chi connectivity index (χ1) is 12.1. The number of nitrogens with one attached hydrogen (secondary N) is 1. The van der Waals surface area contributed by atoms with Crippen molar-refractivity contribution in [2.75, 3.05) is 27.8 Å². The second kappa shape index (κ2) is 9.27. The van der Waals surface area contributed by atoms with Crippen molar-refractivity contribution in [1.29, 1.82) is 0 Å². The van der Waals surface area contributed by atoms with E-state index < -0.39 is 0 Å². The lowest BCUT2D eigenvalue weighted by Crippen LogP contribution is -2.38. The first-order valence-corrected chi connectivity index (χ1v) is 9.06. The van der Waals surface area contributed by atoms with E-state index in [0.717, 1.165) is 46.8 Å². The largest absolute Gasteiger partial charge is 0.497 e. The van der Waals surface area contributed by atoms with Crippen LogP contribution < -0.4 is 14.8 Å². The minimum Gasteiger partial charge on any atom is -0.497 e. The number of nitrogens with zero attached hydrogens (tertiary/aromatic N) is 3. The summed E-state index contributed by atoms with van der Waals surface area (Å²) < 4.78 is 10.7. The summed E-state index contributed by atoms with van der Waals surface area (Å²) in [6.45, 7) is 6.12. The van der Waals surface area contributed by atoms with E-state index in [-0.39, 0.29) is 0 Å². The number of hydrogen-bond donors (Lipinski definition) is 1. The van der Waals surface area contributed by atoms with Crippen LogP contribution in [0.25, 0.3) is 0 Å². The van der Waals surface area contributed by atoms with Gasteiger partial charge in [-0.2, -0.15) is 0 Å². The number of thiazole rings is 1. The number of rotatable bonds is 7. The highest BCUT2D eigenvalue weighted by atomic mass is 32.1. The highest BCUT2D eigenvalue weighted by Gasteiger charge is 2.10. The molecule has 1 aromatic heterocycles. The number of aromatic nitrogens is 1. The van der Waals surface area contributed by atoms with Crippen molar-refractivity contribution >= 4 is 17.3 Å². The Bertz CT molecular complexity index is 715. The average Bonchev–Trinajstić information content (AvgIpc) is 3.03. The summed E-state index contributed by atoms with van der Waals surface area (Å²) in [6.07, 6.45) is 0. The third kappa shape index (κ3) is 5.35. The molecule has 0 aliphatic rings. The van der Waals surface area contributed by atoms with Gasteiger partial charge in [-0.15, -0.1) is 11.3 Å². The second-order valence-corrected chi connectivity index (χ2v) is 6.62. The molecule has 0 radical (unpaired) electrons. The molecule has 0 saturated carbocycles. The summed E-state index contributed by atoms with van der Waals surface area (Å²) in [5.41, 5.74) is 2.06. The van der Waals surface area contributed by atoms with Gasteiger partial charge in [-0.1, -0.05) is 0 Å². The molecule has 0 amide bonds. The van der Waals surface area contributed by atoms with Gasteiger partial charge in [0, 0.05) is 30.6 Å². The molecule has 2 rings (SSSR count). The van der Waals surface area contributed by atoms with Crippen LogP contribution in [0.1, 0.15) is 23.2 Å². The number of aryl methyl sites for hydroxylation is 1. The molecule has 7 heteroatoms. The average molecular weight is 362 g/mol. The van der Waals surface area contributed by atoms with Crippen LogP contribution in [-0.4, -0.2) is 43.7 Å². The maximum atomic E-state index is 5.45. The van der Waals surface area contributed by atoms with Gasteiger partial charge in [-0.05, 0) is 26.0 Å². The third-order valence-corrected chi connectivity index (χ3v) is 4.48. The fraction of sp³-hybridized carbons (Fsp3) is 0.444. The molecule has 0 aliphatic heterocycles. The Labute approximate surface area is 153 Å². The molecule has 2 aromatic rings. The summed E-state index contributed by atoms with van der Waals surface area (Å²) in [7, 11) is 5.32. The van der Waals surface area contributed by atoms with Gasteiger partial charge in [0.05, 0.1) is 38.0 Å². The van der Waals surface area contributed by atoms with Gasteiger partial charge in [0.2, 0.25) is 0 Å². The highest BCUT2D eigenvalue weighted by molar-refractivity contribution is 7.09. The lowest BCUT2D eigenvalue weighted by molar-refractivity contribution is 0.391. The molecule has 0 fully saturated rings. The van der Waals surface area contributed by atoms with Crippen molar-refractivity contribution in [3.05, 3.63) is 39.8 Å². The summed E-state index contributed by atoms with van der Waals surface area (Å²) in [5.74, 6) is 2.38. The topological polar surface area (TPSA) is 59.0 Å². The third-order valence-electron chi connectivity index (χ3n) is 3.66. The normalized spacial score (nSPS) is 11.3. The predicted octanol–water partition coefficient (Wildman–Crippen LogP) is 3.07. The van der Waals surface area contributed by atoms with E-state index in [2.05, 4.69) is 27.5 Å². The van der Waals surface area contributed by atoms with Gasteiger partial charge in [-0.25, -0.2) is 9.98 Å². The van der Waals surface area contributed by atoms with E-state index >= 15 is 0 Å². The Morgan fingerprint density at radius 3 is 2.72 bits per heavy atom. The maximum Gasteiger partial charge on any atom is 0.194 e. The second-order valence-electron chi connectivity index (χ2n) is 5.56. The van der Waals surface area contributed by atoms with Crippen LogP contribution >= 0.6 is 11.3 Å². The van der Waals surface area contributed by atoms with Crippen LogP contribution in [0.2, 0.25) is 0 Å². The van der Waals surface area contributed by atoms with E-state index in [1.165, 1.54) is 0 Å². The van der Waals surface area contributed by atoms with Crippen molar-refractivity contribution in [2.45, 2.75) is 26.9 Å². The number of hydrogen-bond acceptors (Lipinski definition) is 5. The first-order valence-electron chi connectivity index (χ1n) is 8.18. The zero-order chi connectivity index (χ0) is 18.2. The molecule has 136 valence electrons. The van der Waals surface area contributed by atoms with Crippen LogP contribution in [0.4, 0.5) is 0 Å². The number of ether oxygens (including phenoxy) is 2. The van der Waals surface area contributed by atoms with Crippen molar-refractivity contribution in [3.8, 4) is 11.5 Å². The summed E-state index contributed by atoms with van der Waals surface area (Å²) in [5, 5.41) is 6.49. The molecular formula is C18H26N4O2S. The van der Waals surface area contributed by atoms with E-state index in [9.17, 15) is 0 Å². The predicted molar refractivity (Wildman–Crippen MR) is 103 cm³/mol. The molecule has 0 aliphatic carbocycles. The molecule has 25 heavy (non-hydrogen) atoms. The quantitative estimate of drug-likeness (QED) is 0.606. The van der Waals surface area contributed by atoms with Crippen molar-refractivity contribution in [1.82, 2.24) is 15.2 Å². The van der Waals surface area contributed by atoms with Crippen molar-refractivity contribution < 1.29 is 9.47 Å². The molecule has 1 heterocycles. The van der Waals surface area contributed by atoms with E-state index in [1.807, 2.05) is 32.2 Å². The van der Waals surface area contributed by atoms with Gasteiger partial charge >= 0.3 is 0 Å². The highest BCUT2D eigenvalue weighted by Crippen LogP contribution is 2.25.